The van der Waals surface area contributed by atoms with Crippen molar-refractivity contribution in [3.8, 4) is 0 Å². The molecule has 0 aromatic heterocycles. The number of esters is 1. The second kappa shape index (κ2) is 6.85. The number of carbonyl (C=O) groups excluding carboxylic acids is 1. The molecule has 112 valence electrons. The number of benzene rings is 1. The Bertz CT molecular complexity index is 534. The summed E-state index contributed by atoms with van der Waals surface area (Å²) in [6.45, 7) is 3.99. The van der Waals surface area contributed by atoms with Gasteiger partial charge in [0.05, 0.1) is 25.0 Å². The lowest BCUT2D eigenvalue weighted by molar-refractivity contribution is 0.0428. The van der Waals surface area contributed by atoms with Crippen LogP contribution in [0.2, 0.25) is 0 Å². The van der Waals surface area contributed by atoms with E-state index in [9.17, 15) is 13.2 Å². The summed E-state index contributed by atoms with van der Waals surface area (Å²) in [6, 6.07) is 8.71. The van der Waals surface area contributed by atoms with Crippen LogP contribution in [0.5, 0.6) is 0 Å². The number of hydrogen-bond donors (Lipinski definition) is 0. The summed E-state index contributed by atoms with van der Waals surface area (Å²) in [5.74, 6) is -0.384. The molecule has 0 atom stereocenters. The first-order valence-corrected chi connectivity index (χ1v) is 8.08. The summed E-state index contributed by atoms with van der Waals surface area (Å²) in [5.41, 5.74) is 0.109. The fourth-order valence-electron chi connectivity index (χ4n) is 1.42. The van der Waals surface area contributed by atoms with Crippen molar-refractivity contribution < 1.29 is 22.1 Å². The third kappa shape index (κ3) is 6.68. The summed E-state index contributed by atoms with van der Waals surface area (Å²) in [7, 11) is -3.45. The quantitative estimate of drug-likeness (QED) is 0.570. The van der Waals surface area contributed by atoms with E-state index in [0.717, 1.165) is 6.26 Å². The first-order chi connectivity index (χ1) is 9.20. The van der Waals surface area contributed by atoms with Crippen LogP contribution in [0.15, 0.2) is 30.3 Å². The highest BCUT2D eigenvalue weighted by Crippen LogP contribution is 2.21. The molecule has 0 unspecified atom stereocenters. The van der Waals surface area contributed by atoms with Gasteiger partial charge in [0.1, 0.15) is 0 Å². The van der Waals surface area contributed by atoms with Crippen molar-refractivity contribution in [1.82, 2.24) is 0 Å². The second-order valence-corrected chi connectivity index (χ2v) is 7.03. The van der Waals surface area contributed by atoms with E-state index in [1.165, 1.54) is 0 Å². The molecule has 6 heteroatoms. The number of hydrogen-bond acceptors (Lipinski definition) is 5. The molecule has 0 heterocycles. The van der Waals surface area contributed by atoms with E-state index < -0.39 is 10.1 Å². The monoisotopic (exact) mass is 300 g/mol. The van der Waals surface area contributed by atoms with E-state index in [2.05, 4.69) is 0 Å². The van der Waals surface area contributed by atoms with Crippen LogP contribution in [0.25, 0.3) is 0 Å². The molecule has 0 bridgehead atoms. The smallest absolute Gasteiger partial charge is 0.338 e. The molecule has 5 nitrogen and oxygen atoms in total. The van der Waals surface area contributed by atoms with Crippen molar-refractivity contribution in [3.63, 3.8) is 0 Å². The topological polar surface area (TPSA) is 69.7 Å². The Labute approximate surface area is 120 Å². The normalized spacial score (nSPS) is 12.2. The summed E-state index contributed by atoms with van der Waals surface area (Å²) in [4.78, 5) is 11.7. The molecule has 1 aromatic carbocycles. The lowest BCUT2D eigenvalue weighted by Gasteiger charge is -2.23. The molecule has 0 N–H and O–H groups in total. The molecule has 0 aliphatic rings. The average molecular weight is 300 g/mol. The Hall–Kier alpha value is -1.40. The van der Waals surface area contributed by atoms with E-state index >= 15 is 0 Å². The van der Waals surface area contributed by atoms with Crippen LogP contribution in [0, 0.1) is 5.41 Å². The molecule has 1 rings (SSSR count). The number of carbonyl (C=O) groups is 1. The lowest BCUT2D eigenvalue weighted by atomic mass is 9.91. The van der Waals surface area contributed by atoms with Crippen LogP contribution in [-0.4, -0.2) is 33.9 Å². The van der Waals surface area contributed by atoms with Crippen molar-refractivity contribution in [1.29, 1.82) is 0 Å². The van der Waals surface area contributed by atoms with Gasteiger partial charge in [-0.1, -0.05) is 32.0 Å². The lowest BCUT2D eigenvalue weighted by Crippen LogP contribution is -2.24. The predicted molar refractivity (Wildman–Crippen MR) is 75.9 cm³/mol. The molecule has 0 saturated carbocycles. The van der Waals surface area contributed by atoms with Crippen LogP contribution < -0.4 is 0 Å². The zero-order valence-corrected chi connectivity index (χ0v) is 12.8. The van der Waals surface area contributed by atoms with E-state index in [-0.39, 0.29) is 24.6 Å². The second-order valence-electron chi connectivity index (χ2n) is 5.38. The summed E-state index contributed by atoms with van der Waals surface area (Å²) < 4.78 is 31.8. The van der Waals surface area contributed by atoms with Crippen molar-refractivity contribution in [3.05, 3.63) is 35.9 Å². The third-order valence-corrected chi connectivity index (χ3v) is 3.23. The maximum atomic E-state index is 11.7. The average Bonchev–Trinajstić information content (AvgIpc) is 2.37. The maximum Gasteiger partial charge on any atom is 0.338 e. The van der Waals surface area contributed by atoms with Gasteiger partial charge in [0.2, 0.25) is 0 Å². The van der Waals surface area contributed by atoms with Crippen LogP contribution in [-0.2, 0) is 19.0 Å². The van der Waals surface area contributed by atoms with E-state index in [1.54, 1.807) is 24.3 Å². The fourth-order valence-corrected chi connectivity index (χ4v) is 1.95. The van der Waals surface area contributed by atoms with Gasteiger partial charge >= 0.3 is 5.97 Å². The standard InChI is InChI=1S/C14H20O5S/c1-14(2,11-19-20(3,16)17)9-10-18-13(15)12-7-5-4-6-8-12/h4-8H,9-11H2,1-3H3. The molecule has 1 aromatic rings. The van der Waals surface area contributed by atoms with Crippen LogP contribution in [0.3, 0.4) is 0 Å². The Morgan fingerprint density at radius 3 is 2.35 bits per heavy atom. The molecule has 0 saturated heterocycles. The number of rotatable bonds is 7. The Morgan fingerprint density at radius 1 is 1.20 bits per heavy atom. The van der Waals surface area contributed by atoms with Crippen LogP contribution in [0.4, 0.5) is 0 Å². The van der Waals surface area contributed by atoms with E-state index in [4.69, 9.17) is 8.92 Å². The minimum absolute atomic E-state index is 0.0642. The van der Waals surface area contributed by atoms with Crippen molar-refractivity contribution in [2.24, 2.45) is 5.41 Å². The highest BCUT2D eigenvalue weighted by atomic mass is 32.2. The van der Waals surface area contributed by atoms with Crippen molar-refractivity contribution in [2.75, 3.05) is 19.5 Å². The first kappa shape index (κ1) is 16.7. The molecule has 0 amide bonds. The molecular weight excluding hydrogens is 280 g/mol. The van der Waals surface area contributed by atoms with Gasteiger partial charge < -0.3 is 4.74 Å². The fraction of sp³-hybridized carbons (Fsp3) is 0.500. The SMILES string of the molecule is CC(C)(CCOC(=O)c1ccccc1)COS(C)(=O)=O. The number of ether oxygens (including phenoxy) is 1. The van der Waals surface area contributed by atoms with Crippen molar-refractivity contribution in [2.45, 2.75) is 20.3 Å². The summed E-state index contributed by atoms with van der Waals surface area (Å²) in [5, 5.41) is 0. The van der Waals surface area contributed by atoms with Gasteiger partial charge in [-0.3, -0.25) is 4.18 Å². The molecule has 0 fully saturated rings. The molecule has 0 aliphatic carbocycles. The Kier molecular flexibility index (Phi) is 5.71. The van der Waals surface area contributed by atoms with Gasteiger partial charge in [-0.25, -0.2) is 4.79 Å². The van der Waals surface area contributed by atoms with Crippen LogP contribution >= 0.6 is 0 Å². The zero-order valence-electron chi connectivity index (χ0n) is 12.0. The molecule has 20 heavy (non-hydrogen) atoms. The first-order valence-electron chi connectivity index (χ1n) is 6.26. The van der Waals surface area contributed by atoms with Gasteiger partial charge in [-0.2, -0.15) is 8.42 Å². The highest BCUT2D eigenvalue weighted by molar-refractivity contribution is 7.85. The van der Waals surface area contributed by atoms with E-state index in [1.807, 2.05) is 19.9 Å². The molecule has 0 spiro atoms. The zero-order chi connectivity index (χ0) is 15.2. The Balaban J connectivity index is 2.38. The largest absolute Gasteiger partial charge is 0.462 e. The Morgan fingerprint density at radius 2 is 1.80 bits per heavy atom. The summed E-state index contributed by atoms with van der Waals surface area (Å²) >= 11 is 0. The van der Waals surface area contributed by atoms with Crippen LogP contribution in [0.1, 0.15) is 30.6 Å². The minimum atomic E-state index is -3.45. The van der Waals surface area contributed by atoms with Gasteiger partial charge in [0, 0.05) is 0 Å². The van der Waals surface area contributed by atoms with Gasteiger partial charge in [-0.15, -0.1) is 0 Å². The van der Waals surface area contributed by atoms with Gasteiger partial charge in [-0.05, 0) is 24.0 Å². The van der Waals surface area contributed by atoms with Gasteiger partial charge in [0.25, 0.3) is 10.1 Å². The molecule has 0 aliphatic heterocycles. The van der Waals surface area contributed by atoms with Crippen molar-refractivity contribution >= 4 is 16.1 Å². The predicted octanol–water partition coefficient (Wildman–Crippen LogP) is 2.24. The highest BCUT2D eigenvalue weighted by Gasteiger charge is 2.21. The van der Waals surface area contributed by atoms with Gasteiger partial charge in [0.15, 0.2) is 0 Å². The minimum Gasteiger partial charge on any atom is -0.462 e. The van der Waals surface area contributed by atoms with E-state index in [0.29, 0.717) is 12.0 Å². The third-order valence-electron chi connectivity index (χ3n) is 2.69. The molecular formula is C14H20O5S. The summed E-state index contributed by atoms with van der Waals surface area (Å²) in [6.07, 6.45) is 1.53. The maximum absolute atomic E-state index is 11.7. The molecule has 0 radical (unpaired) electrons.